The Morgan fingerprint density at radius 2 is 1.81 bits per heavy atom. The third kappa shape index (κ3) is 4.02. The molecule has 2 N–H and O–H groups in total. The van der Waals surface area contributed by atoms with Gasteiger partial charge in [-0.15, -0.1) is 0 Å². The number of pyridine rings is 1. The largest absolute Gasteiger partial charge is 0.478 e. The molecule has 1 aromatic heterocycles. The molecule has 1 saturated heterocycles. The number of aromatic nitrogens is 1. The maximum atomic E-state index is 12.8. The molecule has 1 atom stereocenters. The van der Waals surface area contributed by atoms with Crippen molar-refractivity contribution in [1.82, 2.24) is 10.3 Å². The van der Waals surface area contributed by atoms with Crippen LogP contribution < -0.4 is 10.2 Å². The normalized spacial score (nSPS) is 15.3. The van der Waals surface area contributed by atoms with Gasteiger partial charge in [0.25, 0.3) is 5.91 Å². The minimum Gasteiger partial charge on any atom is -0.478 e. The van der Waals surface area contributed by atoms with E-state index in [1.807, 2.05) is 6.92 Å². The van der Waals surface area contributed by atoms with Gasteiger partial charge >= 0.3 is 5.97 Å². The number of nitrogens with one attached hydrogen (secondary N) is 1. The molecule has 1 fully saturated rings. The molecule has 1 aliphatic heterocycles. The zero-order valence-electron chi connectivity index (χ0n) is 14.8. The van der Waals surface area contributed by atoms with Gasteiger partial charge in [-0.2, -0.15) is 0 Å². The van der Waals surface area contributed by atoms with E-state index < -0.39 is 5.97 Å². The van der Waals surface area contributed by atoms with Crippen LogP contribution in [0.25, 0.3) is 0 Å². The fraction of sp³-hybridized carbons (Fsp3) is 0.350. The molecule has 1 aliphatic rings. The van der Waals surface area contributed by atoms with E-state index in [-0.39, 0.29) is 17.5 Å². The summed E-state index contributed by atoms with van der Waals surface area (Å²) < 4.78 is 0. The van der Waals surface area contributed by atoms with Crippen molar-refractivity contribution in [3.05, 3.63) is 59.3 Å². The first kappa shape index (κ1) is 17.9. The second-order valence-corrected chi connectivity index (χ2v) is 6.54. The molecular weight excluding hydrogens is 330 g/mol. The maximum Gasteiger partial charge on any atom is 0.335 e. The van der Waals surface area contributed by atoms with Gasteiger partial charge in [0.1, 0.15) is 5.82 Å². The smallest absolute Gasteiger partial charge is 0.335 e. The van der Waals surface area contributed by atoms with Crippen molar-refractivity contribution in [1.29, 1.82) is 0 Å². The molecule has 2 heterocycles. The van der Waals surface area contributed by atoms with E-state index in [9.17, 15) is 9.59 Å². The Bertz CT molecular complexity index is 783. The molecule has 0 aliphatic carbocycles. The van der Waals surface area contributed by atoms with Gasteiger partial charge in [-0.05, 0) is 56.0 Å². The summed E-state index contributed by atoms with van der Waals surface area (Å²) in [5, 5.41) is 12.0. The van der Waals surface area contributed by atoms with E-state index in [1.54, 1.807) is 42.6 Å². The Labute approximate surface area is 152 Å². The number of carbonyl (C=O) groups excluding carboxylic acids is 1. The van der Waals surface area contributed by atoms with Crippen LogP contribution in [0.2, 0.25) is 0 Å². The standard InChI is InChI=1S/C20H23N3O3/c1-14(15-7-9-16(10-8-15)20(25)26)22-19(24)17-6-5-11-21-18(17)23-12-3-2-4-13-23/h5-11,14H,2-4,12-13H2,1H3,(H,22,24)(H,25,26)/t14-/m1/s1. The number of hydrogen-bond acceptors (Lipinski definition) is 4. The minimum atomic E-state index is -0.963. The fourth-order valence-corrected chi connectivity index (χ4v) is 3.20. The molecule has 0 radical (unpaired) electrons. The van der Waals surface area contributed by atoms with Crippen molar-refractivity contribution >= 4 is 17.7 Å². The second kappa shape index (κ2) is 7.99. The van der Waals surface area contributed by atoms with Gasteiger partial charge < -0.3 is 15.3 Å². The molecule has 0 unspecified atom stereocenters. The molecule has 0 spiro atoms. The quantitative estimate of drug-likeness (QED) is 0.862. The van der Waals surface area contributed by atoms with Gasteiger partial charge in [0.15, 0.2) is 0 Å². The summed E-state index contributed by atoms with van der Waals surface area (Å²) in [6.07, 6.45) is 5.16. The third-order valence-corrected chi connectivity index (χ3v) is 4.69. The summed E-state index contributed by atoms with van der Waals surface area (Å²) >= 11 is 0. The highest BCUT2D eigenvalue weighted by Gasteiger charge is 2.21. The number of hydrogen-bond donors (Lipinski definition) is 2. The first-order valence-corrected chi connectivity index (χ1v) is 8.90. The molecule has 6 nitrogen and oxygen atoms in total. The van der Waals surface area contributed by atoms with E-state index in [1.165, 1.54) is 6.42 Å². The second-order valence-electron chi connectivity index (χ2n) is 6.54. The number of carboxylic acids is 1. The molecule has 6 heteroatoms. The lowest BCUT2D eigenvalue weighted by molar-refractivity contribution is 0.0696. The number of carbonyl (C=O) groups is 2. The molecule has 26 heavy (non-hydrogen) atoms. The zero-order valence-corrected chi connectivity index (χ0v) is 14.8. The Morgan fingerprint density at radius 1 is 1.12 bits per heavy atom. The lowest BCUT2D eigenvalue weighted by Crippen LogP contribution is -2.34. The van der Waals surface area contributed by atoms with Crippen LogP contribution in [0.15, 0.2) is 42.6 Å². The van der Waals surface area contributed by atoms with Gasteiger partial charge in [0.2, 0.25) is 0 Å². The van der Waals surface area contributed by atoms with Gasteiger partial charge in [-0.25, -0.2) is 9.78 Å². The molecule has 3 rings (SSSR count). The number of nitrogens with zero attached hydrogens (tertiary/aromatic N) is 2. The summed E-state index contributed by atoms with van der Waals surface area (Å²) in [6, 6.07) is 9.88. The van der Waals surface area contributed by atoms with Gasteiger partial charge in [-0.3, -0.25) is 4.79 Å². The number of piperidine rings is 1. The van der Waals surface area contributed by atoms with Crippen molar-refractivity contribution in [3.8, 4) is 0 Å². The predicted molar refractivity (Wildman–Crippen MR) is 99.6 cm³/mol. The van der Waals surface area contributed by atoms with Crippen LogP contribution in [0.4, 0.5) is 5.82 Å². The van der Waals surface area contributed by atoms with Crippen LogP contribution >= 0.6 is 0 Å². The summed E-state index contributed by atoms with van der Waals surface area (Å²) in [5.74, 6) is -0.401. The van der Waals surface area contributed by atoms with Crippen molar-refractivity contribution in [3.63, 3.8) is 0 Å². The molecule has 1 aromatic carbocycles. The molecule has 136 valence electrons. The Hall–Kier alpha value is -2.89. The lowest BCUT2D eigenvalue weighted by atomic mass is 10.1. The number of benzene rings is 1. The van der Waals surface area contributed by atoms with Crippen LogP contribution in [0.1, 0.15) is 58.5 Å². The molecule has 0 bridgehead atoms. The highest BCUT2D eigenvalue weighted by atomic mass is 16.4. The topological polar surface area (TPSA) is 82.5 Å². The third-order valence-electron chi connectivity index (χ3n) is 4.69. The van der Waals surface area contributed by atoms with E-state index in [4.69, 9.17) is 5.11 Å². The zero-order chi connectivity index (χ0) is 18.5. The van der Waals surface area contributed by atoms with Crippen molar-refractivity contribution < 1.29 is 14.7 Å². The number of anilines is 1. The van der Waals surface area contributed by atoms with E-state index >= 15 is 0 Å². The van der Waals surface area contributed by atoms with Crippen LogP contribution in [0.5, 0.6) is 0 Å². The van der Waals surface area contributed by atoms with E-state index in [2.05, 4.69) is 15.2 Å². The Balaban J connectivity index is 1.74. The first-order valence-electron chi connectivity index (χ1n) is 8.90. The Morgan fingerprint density at radius 3 is 2.46 bits per heavy atom. The average molecular weight is 353 g/mol. The van der Waals surface area contributed by atoms with Crippen LogP contribution in [-0.2, 0) is 0 Å². The Kier molecular flexibility index (Phi) is 5.51. The molecular formula is C20H23N3O3. The summed E-state index contributed by atoms with van der Waals surface area (Å²) in [4.78, 5) is 30.4. The number of carboxylic acid groups (broad SMARTS) is 1. The highest BCUT2D eigenvalue weighted by Crippen LogP contribution is 2.22. The maximum absolute atomic E-state index is 12.8. The fourth-order valence-electron chi connectivity index (χ4n) is 3.20. The number of aromatic carboxylic acids is 1. The average Bonchev–Trinajstić information content (AvgIpc) is 2.68. The van der Waals surface area contributed by atoms with Crippen LogP contribution in [-0.4, -0.2) is 35.1 Å². The summed E-state index contributed by atoms with van der Waals surface area (Å²) in [5.41, 5.74) is 1.65. The van der Waals surface area contributed by atoms with E-state index in [0.29, 0.717) is 5.56 Å². The van der Waals surface area contributed by atoms with Crippen molar-refractivity contribution in [2.75, 3.05) is 18.0 Å². The molecule has 1 amide bonds. The van der Waals surface area contributed by atoms with Crippen molar-refractivity contribution in [2.45, 2.75) is 32.2 Å². The lowest BCUT2D eigenvalue weighted by Gasteiger charge is -2.29. The number of amides is 1. The van der Waals surface area contributed by atoms with Gasteiger partial charge in [0, 0.05) is 19.3 Å². The molecule has 2 aromatic rings. The number of rotatable bonds is 5. The predicted octanol–water partition coefficient (Wildman–Crippen LogP) is 3.26. The minimum absolute atomic E-state index is 0.173. The van der Waals surface area contributed by atoms with Crippen molar-refractivity contribution in [2.24, 2.45) is 0 Å². The summed E-state index contributed by atoms with van der Waals surface area (Å²) in [6.45, 7) is 3.72. The van der Waals surface area contributed by atoms with Crippen LogP contribution in [0.3, 0.4) is 0 Å². The highest BCUT2D eigenvalue weighted by molar-refractivity contribution is 5.99. The van der Waals surface area contributed by atoms with Crippen LogP contribution in [0, 0.1) is 0 Å². The molecule has 0 saturated carbocycles. The van der Waals surface area contributed by atoms with E-state index in [0.717, 1.165) is 37.3 Å². The monoisotopic (exact) mass is 353 g/mol. The first-order chi connectivity index (χ1) is 12.6. The van der Waals surface area contributed by atoms with Gasteiger partial charge in [0.05, 0.1) is 17.2 Å². The SMILES string of the molecule is C[C@@H](NC(=O)c1cccnc1N1CCCCC1)c1ccc(C(=O)O)cc1. The van der Waals surface area contributed by atoms with Gasteiger partial charge in [-0.1, -0.05) is 12.1 Å². The summed E-state index contributed by atoms with van der Waals surface area (Å²) in [7, 11) is 0.